The van der Waals surface area contributed by atoms with Crippen molar-refractivity contribution in [1.29, 1.82) is 0 Å². The van der Waals surface area contributed by atoms with Crippen molar-refractivity contribution in [2.45, 2.75) is 38.8 Å². The van der Waals surface area contributed by atoms with Crippen molar-refractivity contribution < 1.29 is 28.2 Å². The van der Waals surface area contributed by atoms with Gasteiger partial charge < -0.3 is 15.6 Å². The summed E-state index contributed by atoms with van der Waals surface area (Å²) in [6, 6.07) is 0.263. The van der Waals surface area contributed by atoms with E-state index in [1.807, 2.05) is 0 Å². The van der Waals surface area contributed by atoms with E-state index in [1.54, 1.807) is 20.8 Å². The maximum absolute atomic E-state index is 13.4. The largest absolute Gasteiger partial charge is 0.480 e. The third kappa shape index (κ3) is 5.54. The Labute approximate surface area is 140 Å². The van der Waals surface area contributed by atoms with Crippen molar-refractivity contribution in [1.82, 2.24) is 0 Å². The molecule has 0 radical (unpaired) electrons. The summed E-state index contributed by atoms with van der Waals surface area (Å²) >= 11 is 3.06. The minimum atomic E-state index is -1.54. The van der Waals surface area contributed by atoms with E-state index >= 15 is 0 Å². The van der Waals surface area contributed by atoms with Crippen LogP contribution in [0.15, 0.2) is 16.6 Å². The van der Waals surface area contributed by atoms with Gasteiger partial charge in [-0.05, 0) is 44.9 Å². The highest BCUT2D eigenvalue weighted by Gasteiger charge is 2.35. The van der Waals surface area contributed by atoms with Gasteiger partial charge >= 0.3 is 11.9 Å². The molecule has 0 aliphatic rings. The van der Waals surface area contributed by atoms with E-state index in [0.29, 0.717) is 0 Å². The summed E-state index contributed by atoms with van der Waals surface area (Å²) < 4.78 is 31.9. The molecule has 0 spiro atoms. The zero-order chi connectivity index (χ0) is 17.9. The topological polar surface area (TPSA) is 89.6 Å². The van der Waals surface area contributed by atoms with Crippen LogP contribution in [0.1, 0.15) is 26.3 Å². The lowest BCUT2D eigenvalue weighted by Crippen LogP contribution is -2.45. The first kappa shape index (κ1) is 19.5. The quantitative estimate of drug-likeness (QED) is 0.592. The van der Waals surface area contributed by atoms with Crippen LogP contribution in [0.4, 0.5) is 8.78 Å². The summed E-state index contributed by atoms with van der Waals surface area (Å²) in [5.74, 6) is -5.61. The molecule has 1 aromatic rings. The Kier molecular flexibility index (Phi) is 6.24. The summed E-state index contributed by atoms with van der Waals surface area (Å²) in [5, 5.41) is 9.07. The first-order valence-corrected chi connectivity index (χ1v) is 7.56. The van der Waals surface area contributed by atoms with Gasteiger partial charge in [-0.25, -0.2) is 8.78 Å². The van der Waals surface area contributed by atoms with E-state index in [0.717, 1.165) is 12.1 Å². The molecule has 1 rings (SSSR count). The predicted octanol–water partition coefficient (Wildman–Crippen LogP) is 2.64. The van der Waals surface area contributed by atoms with Crippen LogP contribution in [0.5, 0.6) is 0 Å². The normalized spacial score (nSPS) is 14.2. The van der Waals surface area contributed by atoms with Crippen LogP contribution >= 0.6 is 15.9 Å². The molecule has 5 nitrogen and oxygen atoms in total. The highest BCUT2D eigenvalue weighted by Crippen LogP contribution is 2.25. The number of carbonyl (C=O) groups excluding carboxylic acids is 1. The van der Waals surface area contributed by atoms with Crippen LogP contribution in [0, 0.1) is 17.6 Å². The fourth-order valence-electron chi connectivity index (χ4n) is 1.86. The number of ether oxygens (including phenoxy) is 1. The molecule has 1 unspecified atom stereocenters. The van der Waals surface area contributed by atoms with Crippen molar-refractivity contribution in [2.24, 2.45) is 11.7 Å². The highest BCUT2D eigenvalue weighted by atomic mass is 79.9. The average Bonchev–Trinajstić information content (AvgIpc) is 2.38. The maximum atomic E-state index is 13.4. The molecule has 0 bridgehead atoms. The second-order valence-electron chi connectivity index (χ2n) is 6.07. The Hall–Kier alpha value is -1.54. The molecule has 0 fully saturated rings. The Bertz CT molecular complexity index is 616. The summed E-state index contributed by atoms with van der Waals surface area (Å²) in [4.78, 5) is 23.4. The minimum Gasteiger partial charge on any atom is -0.480 e. The predicted molar refractivity (Wildman–Crippen MR) is 82.7 cm³/mol. The van der Waals surface area contributed by atoms with Crippen LogP contribution in [0.3, 0.4) is 0 Å². The number of carboxylic acids is 1. The summed E-state index contributed by atoms with van der Waals surface area (Å²) in [7, 11) is 0. The molecule has 0 saturated carbocycles. The molecule has 0 aliphatic heterocycles. The van der Waals surface area contributed by atoms with E-state index in [4.69, 9.17) is 15.6 Å². The maximum Gasteiger partial charge on any atom is 0.321 e. The number of benzene rings is 1. The number of nitrogens with two attached hydrogens (primary N) is 1. The van der Waals surface area contributed by atoms with Gasteiger partial charge in [-0.15, -0.1) is 0 Å². The lowest BCUT2D eigenvalue weighted by molar-refractivity contribution is -0.163. The molecule has 0 aliphatic carbocycles. The number of carbonyl (C=O) groups is 2. The SMILES string of the molecule is CC(C)(C)OC(=O)[C@H](Cc1cc(F)c(F)cc1Br)C(N)C(=O)O. The molecule has 0 saturated heterocycles. The Morgan fingerprint density at radius 3 is 2.30 bits per heavy atom. The molecule has 3 N–H and O–H groups in total. The summed E-state index contributed by atoms with van der Waals surface area (Å²) in [6.07, 6.45) is -0.208. The smallest absolute Gasteiger partial charge is 0.321 e. The molecule has 8 heteroatoms. The van der Waals surface area contributed by atoms with Crippen LogP contribution < -0.4 is 5.73 Å². The Balaban J connectivity index is 3.14. The van der Waals surface area contributed by atoms with E-state index in [9.17, 15) is 18.4 Å². The van der Waals surface area contributed by atoms with Crippen molar-refractivity contribution in [3.8, 4) is 0 Å². The molecule has 0 amide bonds. The number of hydrogen-bond acceptors (Lipinski definition) is 4. The van der Waals surface area contributed by atoms with Gasteiger partial charge in [0.05, 0.1) is 5.92 Å². The summed E-state index contributed by atoms with van der Waals surface area (Å²) in [5.41, 5.74) is 4.95. The number of carboxylic acid groups (broad SMARTS) is 1. The third-order valence-electron chi connectivity index (χ3n) is 2.96. The molecular weight excluding hydrogens is 376 g/mol. The second-order valence-corrected chi connectivity index (χ2v) is 6.92. The number of rotatable bonds is 5. The van der Waals surface area contributed by atoms with Crippen LogP contribution in [0.25, 0.3) is 0 Å². The lowest BCUT2D eigenvalue weighted by atomic mass is 9.92. The molecule has 128 valence electrons. The number of hydrogen-bond donors (Lipinski definition) is 2. The fourth-order valence-corrected chi connectivity index (χ4v) is 2.34. The molecular formula is C15H18BrF2NO4. The standard InChI is InChI=1S/C15H18BrF2NO4/c1-15(2,3)23-14(22)8(12(19)13(20)21)4-7-5-10(17)11(18)6-9(7)16/h5-6,8,12H,4,19H2,1-3H3,(H,20,21)/t8-,12?/m1/s1. The number of esters is 1. The van der Waals surface area contributed by atoms with Gasteiger partial charge in [0, 0.05) is 4.47 Å². The Morgan fingerprint density at radius 1 is 1.30 bits per heavy atom. The van der Waals surface area contributed by atoms with Gasteiger partial charge in [-0.3, -0.25) is 9.59 Å². The zero-order valence-electron chi connectivity index (χ0n) is 12.9. The first-order valence-electron chi connectivity index (χ1n) is 6.77. The van der Waals surface area contributed by atoms with Crippen molar-refractivity contribution in [2.75, 3.05) is 0 Å². The van der Waals surface area contributed by atoms with Gasteiger partial charge in [0.15, 0.2) is 11.6 Å². The van der Waals surface area contributed by atoms with Crippen LogP contribution in [-0.2, 0) is 20.7 Å². The summed E-state index contributed by atoms with van der Waals surface area (Å²) in [6.45, 7) is 4.88. The lowest BCUT2D eigenvalue weighted by Gasteiger charge is -2.26. The minimum absolute atomic E-state index is 0.208. The zero-order valence-corrected chi connectivity index (χ0v) is 14.5. The Morgan fingerprint density at radius 2 is 1.83 bits per heavy atom. The molecule has 1 aromatic carbocycles. The van der Waals surface area contributed by atoms with Crippen LogP contribution in [-0.4, -0.2) is 28.7 Å². The van der Waals surface area contributed by atoms with Crippen molar-refractivity contribution in [3.63, 3.8) is 0 Å². The molecule has 0 aromatic heterocycles. The van der Waals surface area contributed by atoms with E-state index in [-0.39, 0.29) is 16.5 Å². The van der Waals surface area contributed by atoms with E-state index in [2.05, 4.69) is 15.9 Å². The van der Waals surface area contributed by atoms with Gasteiger partial charge in [0.25, 0.3) is 0 Å². The third-order valence-corrected chi connectivity index (χ3v) is 3.70. The molecule has 2 atom stereocenters. The second kappa shape index (κ2) is 7.35. The monoisotopic (exact) mass is 393 g/mol. The van der Waals surface area contributed by atoms with Gasteiger partial charge in [0.1, 0.15) is 11.6 Å². The molecule has 23 heavy (non-hydrogen) atoms. The molecule has 0 heterocycles. The number of halogens is 3. The van der Waals surface area contributed by atoms with E-state index < -0.39 is 41.1 Å². The first-order chi connectivity index (χ1) is 10.4. The number of aliphatic carboxylic acids is 1. The van der Waals surface area contributed by atoms with Gasteiger partial charge in [0.2, 0.25) is 0 Å². The van der Waals surface area contributed by atoms with Crippen LogP contribution in [0.2, 0.25) is 0 Å². The fraction of sp³-hybridized carbons (Fsp3) is 0.467. The van der Waals surface area contributed by atoms with Gasteiger partial charge in [-0.2, -0.15) is 0 Å². The van der Waals surface area contributed by atoms with Gasteiger partial charge in [-0.1, -0.05) is 15.9 Å². The van der Waals surface area contributed by atoms with Crippen molar-refractivity contribution >= 4 is 27.9 Å². The van der Waals surface area contributed by atoms with E-state index in [1.165, 1.54) is 0 Å². The highest BCUT2D eigenvalue weighted by molar-refractivity contribution is 9.10. The van der Waals surface area contributed by atoms with Crippen molar-refractivity contribution in [3.05, 3.63) is 33.8 Å². The average molecular weight is 394 g/mol.